The zero-order valence-electron chi connectivity index (χ0n) is 11.7. The summed E-state index contributed by atoms with van der Waals surface area (Å²) in [6.07, 6.45) is 1.54. The second-order valence-corrected chi connectivity index (χ2v) is 4.99. The molecule has 3 rings (SSSR count). The predicted molar refractivity (Wildman–Crippen MR) is 80.2 cm³/mol. The number of hydrogen-bond donors (Lipinski definition) is 2. The molecule has 0 spiro atoms. The first-order valence-electron chi connectivity index (χ1n) is 6.79. The minimum atomic E-state index is -0.948. The monoisotopic (exact) mass is 298 g/mol. The van der Waals surface area contributed by atoms with E-state index in [1.165, 1.54) is 4.90 Å². The Morgan fingerprint density at radius 2 is 2.14 bits per heavy atom. The summed E-state index contributed by atoms with van der Waals surface area (Å²) < 4.78 is 0. The number of amides is 1. The molecular weight excluding hydrogens is 284 g/mol. The zero-order valence-corrected chi connectivity index (χ0v) is 11.7. The maximum atomic E-state index is 12.5. The second kappa shape index (κ2) is 5.44. The second-order valence-electron chi connectivity index (χ2n) is 4.99. The number of fused-ring (bicyclic) bond motifs is 3. The molecule has 2 aromatic rings. The lowest BCUT2D eigenvalue weighted by molar-refractivity contribution is -0.136. The SMILES string of the molecule is Nc1ncc2c(n1)-c1ccccc1N(CCC(=O)O)C(=O)C2. The van der Waals surface area contributed by atoms with E-state index in [9.17, 15) is 9.59 Å². The number of carboxylic acids is 1. The molecule has 0 aliphatic carbocycles. The standard InChI is InChI=1S/C15H14N4O3/c16-15-17-8-9-7-12(20)19(6-5-13(21)22)11-4-2-1-3-10(11)14(9)18-15/h1-4,8H,5-7H2,(H,21,22)(H2,16,17,18). The summed E-state index contributed by atoms with van der Waals surface area (Å²) in [5.41, 5.74) is 8.36. The van der Waals surface area contributed by atoms with Crippen LogP contribution < -0.4 is 10.6 Å². The van der Waals surface area contributed by atoms with Crippen LogP contribution in [0.25, 0.3) is 11.3 Å². The number of aliphatic carboxylic acids is 1. The summed E-state index contributed by atoms with van der Waals surface area (Å²) in [5.74, 6) is -0.989. The van der Waals surface area contributed by atoms with Crippen molar-refractivity contribution in [3.05, 3.63) is 36.0 Å². The van der Waals surface area contributed by atoms with Crippen LogP contribution in [0.2, 0.25) is 0 Å². The lowest BCUT2D eigenvalue weighted by atomic mass is 10.1. The summed E-state index contributed by atoms with van der Waals surface area (Å²) in [4.78, 5) is 33.0. The largest absolute Gasteiger partial charge is 0.481 e. The van der Waals surface area contributed by atoms with Crippen molar-refractivity contribution in [1.29, 1.82) is 0 Å². The van der Waals surface area contributed by atoms with E-state index < -0.39 is 5.97 Å². The molecule has 0 bridgehead atoms. The highest BCUT2D eigenvalue weighted by atomic mass is 16.4. The highest BCUT2D eigenvalue weighted by molar-refractivity contribution is 6.02. The van der Waals surface area contributed by atoms with Crippen LogP contribution in [0.3, 0.4) is 0 Å². The van der Waals surface area contributed by atoms with Crippen molar-refractivity contribution >= 4 is 23.5 Å². The fourth-order valence-electron chi connectivity index (χ4n) is 2.54. The van der Waals surface area contributed by atoms with Crippen LogP contribution in [0.4, 0.5) is 11.6 Å². The number of para-hydroxylation sites is 1. The summed E-state index contributed by atoms with van der Waals surface area (Å²) in [5, 5.41) is 8.88. The van der Waals surface area contributed by atoms with Gasteiger partial charge in [-0.25, -0.2) is 9.97 Å². The molecule has 1 aliphatic heterocycles. The lowest BCUT2D eigenvalue weighted by Gasteiger charge is -2.22. The number of nitrogen functional groups attached to an aromatic ring is 1. The molecule has 0 saturated heterocycles. The van der Waals surface area contributed by atoms with Gasteiger partial charge >= 0.3 is 5.97 Å². The molecule has 1 aliphatic rings. The van der Waals surface area contributed by atoms with Crippen LogP contribution in [0.15, 0.2) is 30.5 Å². The maximum Gasteiger partial charge on any atom is 0.305 e. The Bertz CT molecular complexity index is 760. The highest BCUT2D eigenvalue weighted by Gasteiger charge is 2.27. The zero-order chi connectivity index (χ0) is 15.7. The average molecular weight is 298 g/mol. The van der Waals surface area contributed by atoms with Crippen molar-refractivity contribution < 1.29 is 14.7 Å². The minimum absolute atomic E-state index is 0.113. The number of hydrogen-bond acceptors (Lipinski definition) is 5. The molecule has 112 valence electrons. The van der Waals surface area contributed by atoms with Crippen molar-refractivity contribution in [3.8, 4) is 11.3 Å². The quantitative estimate of drug-likeness (QED) is 0.877. The lowest BCUT2D eigenvalue weighted by Crippen LogP contribution is -2.33. The number of carbonyl (C=O) groups excluding carboxylic acids is 1. The Morgan fingerprint density at radius 3 is 2.91 bits per heavy atom. The van der Waals surface area contributed by atoms with Crippen LogP contribution in [0.5, 0.6) is 0 Å². The molecule has 1 amide bonds. The molecule has 0 fully saturated rings. The number of carboxylic acid groups (broad SMARTS) is 1. The van der Waals surface area contributed by atoms with Gasteiger partial charge in [0, 0.05) is 23.9 Å². The molecule has 0 saturated carbocycles. The Hall–Kier alpha value is -2.96. The van der Waals surface area contributed by atoms with Gasteiger partial charge in [0.1, 0.15) is 0 Å². The molecule has 1 aromatic heterocycles. The third kappa shape index (κ3) is 2.48. The van der Waals surface area contributed by atoms with Gasteiger partial charge in [0.05, 0.1) is 24.2 Å². The van der Waals surface area contributed by atoms with Gasteiger partial charge in [-0.15, -0.1) is 0 Å². The predicted octanol–water partition coefficient (Wildman–Crippen LogP) is 1.09. The molecule has 3 N–H and O–H groups in total. The summed E-state index contributed by atoms with van der Waals surface area (Å²) in [6, 6.07) is 7.26. The van der Waals surface area contributed by atoms with E-state index in [0.717, 1.165) is 5.56 Å². The fourth-order valence-corrected chi connectivity index (χ4v) is 2.54. The third-order valence-electron chi connectivity index (χ3n) is 3.53. The molecule has 0 atom stereocenters. The van der Waals surface area contributed by atoms with Gasteiger partial charge in [-0.2, -0.15) is 0 Å². The van der Waals surface area contributed by atoms with Gasteiger partial charge in [-0.3, -0.25) is 9.59 Å². The Balaban J connectivity index is 2.13. The first-order chi connectivity index (χ1) is 10.6. The molecule has 22 heavy (non-hydrogen) atoms. The van der Waals surface area contributed by atoms with Gasteiger partial charge in [0.25, 0.3) is 0 Å². The number of nitrogens with zero attached hydrogens (tertiary/aromatic N) is 3. The van der Waals surface area contributed by atoms with Gasteiger partial charge < -0.3 is 15.7 Å². The van der Waals surface area contributed by atoms with Crippen LogP contribution in [0.1, 0.15) is 12.0 Å². The summed E-state index contributed by atoms with van der Waals surface area (Å²) in [6.45, 7) is 0.113. The minimum Gasteiger partial charge on any atom is -0.481 e. The van der Waals surface area contributed by atoms with E-state index in [-0.39, 0.29) is 31.2 Å². The number of nitrogens with two attached hydrogens (primary N) is 1. The Kier molecular flexibility index (Phi) is 3.46. The molecule has 7 nitrogen and oxygen atoms in total. The van der Waals surface area contributed by atoms with E-state index in [2.05, 4.69) is 9.97 Å². The van der Waals surface area contributed by atoms with Crippen LogP contribution in [-0.2, 0) is 16.0 Å². The van der Waals surface area contributed by atoms with E-state index in [1.54, 1.807) is 18.3 Å². The van der Waals surface area contributed by atoms with Crippen molar-refractivity contribution in [3.63, 3.8) is 0 Å². The smallest absolute Gasteiger partial charge is 0.305 e. The molecular formula is C15H14N4O3. The van der Waals surface area contributed by atoms with E-state index in [4.69, 9.17) is 10.8 Å². The number of carbonyl (C=O) groups is 2. The summed E-state index contributed by atoms with van der Waals surface area (Å²) in [7, 11) is 0. The van der Waals surface area contributed by atoms with Crippen molar-refractivity contribution in [2.24, 2.45) is 0 Å². The normalized spacial score (nSPS) is 13.3. The van der Waals surface area contributed by atoms with E-state index in [0.29, 0.717) is 16.9 Å². The summed E-state index contributed by atoms with van der Waals surface area (Å²) >= 11 is 0. The number of aromatic nitrogens is 2. The van der Waals surface area contributed by atoms with E-state index in [1.807, 2.05) is 12.1 Å². The van der Waals surface area contributed by atoms with Crippen LogP contribution in [-0.4, -0.2) is 33.5 Å². The van der Waals surface area contributed by atoms with E-state index >= 15 is 0 Å². The first-order valence-corrected chi connectivity index (χ1v) is 6.79. The Labute approximate surface area is 126 Å². The van der Waals surface area contributed by atoms with Crippen molar-refractivity contribution in [2.75, 3.05) is 17.2 Å². The van der Waals surface area contributed by atoms with Gasteiger partial charge in [-0.1, -0.05) is 18.2 Å². The molecule has 0 unspecified atom stereocenters. The molecule has 2 heterocycles. The average Bonchev–Trinajstić information content (AvgIpc) is 2.60. The molecule has 7 heteroatoms. The van der Waals surface area contributed by atoms with Crippen LogP contribution >= 0.6 is 0 Å². The first kappa shape index (κ1) is 14.0. The van der Waals surface area contributed by atoms with Crippen LogP contribution in [0, 0.1) is 0 Å². The molecule has 0 radical (unpaired) electrons. The Morgan fingerprint density at radius 1 is 1.36 bits per heavy atom. The topological polar surface area (TPSA) is 109 Å². The van der Waals surface area contributed by atoms with Gasteiger partial charge in [0.2, 0.25) is 11.9 Å². The van der Waals surface area contributed by atoms with Crippen molar-refractivity contribution in [1.82, 2.24) is 9.97 Å². The number of benzene rings is 1. The van der Waals surface area contributed by atoms with Crippen molar-refractivity contribution in [2.45, 2.75) is 12.8 Å². The fraction of sp³-hybridized carbons (Fsp3) is 0.200. The maximum absolute atomic E-state index is 12.5. The molecule has 1 aromatic carbocycles. The third-order valence-corrected chi connectivity index (χ3v) is 3.53. The number of rotatable bonds is 3. The van der Waals surface area contributed by atoms with Gasteiger partial charge in [-0.05, 0) is 6.07 Å². The number of anilines is 2. The van der Waals surface area contributed by atoms with Gasteiger partial charge in [0.15, 0.2) is 0 Å². The highest BCUT2D eigenvalue weighted by Crippen LogP contribution is 2.35.